The van der Waals surface area contributed by atoms with Gasteiger partial charge in [0.2, 0.25) is 5.91 Å². The highest BCUT2D eigenvalue weighted by Crippen LogP contribution is 2.31. The Labute approximate surface area is 162 Å². The van der Waals surface area contributed by atoms with Gasteiger partial charge in [0.1, 0.15) is 4.21 Å². The number of nitrogens with zero attached hydrogens (tertiary/aromatic N) is 2. The summed E-state index contributed by atoms with van der Waals surface area (Å²) in [5, 5.41) is 2.03. The van der Waals surface area contributed by atoms with Gasteiger partial charge in [-0.2, -0.15) is 4.31 Å². The van der Waals surface area contributed by atoms with Crippen LogP contribution in [-0.2, 0) is 27.8 Å². The zero-order valence-electron chi connectivity index (χ0n) is 14.5. The maximum absolute atomic E-state index is 12.8. The predicted octanol–water partition coefficient (Wildman–Crippen LogP) is 3.33. The molecule has 0 unspecified atom stereocenters. The van der Waals surface area contributed by atoms with Crippen molar-refractivity contribution in [3.63, 3.8) is 0 Å². The van der Waals surface area contributed by atoms with E-state index in [2.05, 4.69) is 6.07 Å². The summed E-state index contributed by atoms with van der Waals surface area (Å²) in [6, 6.07) is 7.85. The van der Waals surface area contributed by atoms with Gasteiger partial charge in [0.25, 0.3) is 10.0 Å². The van der Waals surface area contributed by atoms with E-state index >= 15 is 0 Å². The second-order valence-electron chi connectivity index (χ2n) is 6.84. The lowest BCUT2D eigenvalue weighted by Gasteiger charge is -2.21. The van der Waals surface area contributed by atoms with Gasteiger partial charge in [-0.25, -0.2) is 8.42 Å². The molecule has 1 saturated carbocycles. The minimum absolute atomic E-state index is 0.0906. The molecule has 0 aromatic carbocycles. The molecule has 2 fully saturated rings. The maximum atomic E-state index is 12.8. The number of hydrogen-bond donors (Lipinski definition) is 0. The van der Waals surface area contributed by atoms with Crippen molar-refractivity contribution in [2.45, 2.75) is 48.9 Å². The van der Waals surface area contributed by atoms with E-state index < -0.39 is 10.0 Å². The number of thiophene rings is 2. The molecule has 140 valence electrons. The molecule has 3 heterocycles. The van der Waals surface area contributed by atoms with Crippen LogP contribution in [0.3, 0.4) is 0 Å². The van der Waals surface area contributed by atoms with Crippen molar-refractivity contribution in [1.29, 1.82) is 0 Å². The summed E-state index contributed by atoms with van der Waals surface area (Å²) in [6.07, 6.45) is 4.26. The summed E-state index contributed by atoms with van der Waals surface area (Å²) in [7, 11) is -3.39. The summed E-state index contributed by atoms with van der Waals surface area (Å²) in [4.78, 5) is 16.8. The van der Waals surface area contributed by atoms with Crippen LogP contribution in [-0.4, -0.2) is 42.7 Å². The molecule has 0 radical (unpaired) electrons. The first kappa shape index (κ1) is 18.2. The van der Waals surface area contributed by atoms with Gasteiger partial charge >= 0.3 is 0 Å². The molecule has 2 aromatic heterocycles. The smallest absolute Gasteiger partial charge is 0.252 e. The lowest BCUT2D eigenvalue weighted by molar-refractivity contribution is -0.131. The normalized spacial score (nSPS) is 18.3. The fourth-order valence-electron chi connectivity index (χ4n) is 3.28. The quantitative estimate of drug-likeness (QED) is 0.703. The van der Waals surface area contributed by atoms with Crippen molar-refractivity contribution in [1.82, 2.24) is 9.21 Å². The van der Waals surface area contributed by atoms with Gasteiger partial charge in [0.05, 0.1) is 13.0 Å². The minimum Gasteiger partial charge on any atom is -0.334 e. The summed E-state index contributed by atoms with van der Waals surface area (Å²) in [6.45, 7) is 1.86. The number of rotatable bonds is 7. The second kappa shape index (κ2) is 7.42. The predicted molar refractivity (Wildman–Crippen MR) is 104 cm³/mol. The van der Waals surface area contributed by atoms with Crippen LogP contribution in [0.5, 0.6) is 0 Å². The lowest BCUT2D eigenvalue weighted by Crippen LogP contribution is -2.33. The first-order valence-corrected chi connectivity index (χ1v) is 12.1. The largest absolute Gasteiger partial charge is 0.334 e. The van der Waals surface area contributed by atoms with Crippen molar-refractivity contribution in [3.8, 4) is 0 Å². The van der Waals surface area contributed by atoms with E-state index in [4.69, 9.17) is 0 Å². The van der Waals surface area contributed by atoms with Crippen LogP contribution < -0.4 is 0 Å². The third-order valence-electron chi connectivity index (χ3n) is 4.84. The molecule has 0 atom stereocenters. The fourth-order valence-corrected chi connectivity index (χ4v) is 7.00. The van der Waals surface area contributed by atoms with Gasteiger partial charge in [-0.1, -0.05) is 6.07 Å². The molecule has 1 amide bonds. The second-order valence-corrected chi connectivity index (χ2v) is 11.2. The molecule has 1 aliphatic heterocycles. The molecule has 1 saturated heterocycles. The topological polar surface area (TPSA) is 57.7 Å². The SMILES string of the molecule is O=C(Cc1ccc(S(=O)(=O)N2CCCC2)s1)N(Cc1cccs1)C1CC1. The average molecular weight is 411 g/mol. The van der Waals surface area contributed by atoms with Crippen LogP contribution in [0.1, 0.15) is 35.4 Å². The Balaban J connectivity index is 1.45. The minimum atomic E-state index is -3.39. The van der Waals surface area contributed by atoms with E-state index in [1.165, 1.54) is 16.2 Å². The van der Waals surface area contributed by atoms with E-state index in [1.807, 2.05) is 16.3 Å². The van der Waals surface area contributed by atoms with E-state index in [1.54, 1.807) is 27.8 Å². The molecule has 5 nitrogen and oxygen atoms in total. The monoisotopic (exact) mass is 410 g/mol. The van der Waals surface area contributed by atoms with Gasteiger partial charge in [-0.3, -0.25) is 4.79 Å². The van der Waals surface area contributed by atoms with E-state index in [0.29, 0.717) is 29.9 Å². The molecule has 0 spiro atoms. The molecular weight excluding hydrogens is 388 g/mol. The van der Waals surface area contributed by atoms with E-state index in [-0.39, 0.29) is 12.3 Å². The molecule has 2 aromatic rings. The average Bonchev–Trinajstić information content (AvgIpc) is 3.08. The van der Waals surface area contributed by atoms with Crippen molar-refractivity contribution >= 4 is 38.6 Å². The van der Waals surface area contributed by atoms with Crippen molar-refractivity contribution in [2.75, 3.05) is 13.1 Å². The maximum Gasteiger partial charge on any atom is 0.252 e. The molecule has 1 aliphatic carbocycles. The molecule has 8 heteroatoms. The number of sulfonamides is 1. The van der Waals surface area contributed by atoms with E-state index in [0.717, 1.165) is 30.6 Å². The highest BCUT2D eigenvalue weighted by Gasteiger charge is 2.33. The zero-order chi connectivity index (χ0) is 18.1. The van der Waals surface area contributed by atoms with Crippen LogP contribution in [0.4, 0.5) is 0 Å². The Morgan fingerprint density at radius 2 is 1.92 bits per heavy atom. The highest BCUT2D eigenvalue weighted by molar-refractivity contribution is 7.91. The third kappa shape index (κ3) is 3.88. The van der Waals surface area contributed by atoms with Gasteiger partial charge in [-0.05, 0) is 49.3 Å². The van der Waals surface area contributed by atoms with Crippen LogP contribution in [0.2, 0.25) is 0 Å². The molecular formula is C18H22N2O3S3. The number of hydrogen-bond acceptors (Lipinski definition) is 5. The van der Waals surface area contributed by atoms with E-state index in [9.17, 15) is 13.2 Å². The van der Waals surface area contributed by atoms with Crippen LogP contribution in [0, 0.1) is 0 Å². The Bertz CT molecular complexity index is 863. The Hall–Kier alpha value is -1.22. The fraction of sp³-hybridized carbons (Fsp3) is 0.500. The molecule has 0 bridgehead atoms. The zero-order valence-corrected chi connectivity index (χ0v) is 16.9. The van der Waals surface area contributed by atoms with Crippen LogP contribution in [0.15, 0.2) is 33.9 Å². The Morgan fingerprint density at radius 3 is 2.58 bits per heavy atom. The van der Waals surface area contributed by atoms with Crippen LogP contribution >= 0.6 is 22.7 Å². The molecule has 0 N–H and O–H groups in total. The van der Waals surface area contributed by atoms with Gasteiger partial charge in [-0.15, -0.1) is 22.7 Å². The first-order valence-electron chi connectivity index (χ1n) is 8.95. The standard InChI is InChI=1S/C18H22N2O3S3/c21-17(20(14-5-6-14)13-16-4-3-11-24-16)12-15-7-8-18(25-15)26(22,23)19-9-1-2-10-19/h3-4,7-8,11,14H,1-2,5-6,9-10,12-13H2. The summed E-state index contributed by atoms with van der Waals surface area (Å²) in [5.41, 5.74) is 0. The van der Waals surface area contributed by atoms with Gasteiger partial charge < -0.3 is 4.90 Å². The molecule has 2 aliphatic rings. The molecule has 26 heavy (non-hydrogen) atoms. The lowest BCUT2D eigenvalue weighted by atomic mass is 10.3. The van der Waals surface area contributed by atoms with Gasteiger partial charge in [0, 0.05) is 28.9 Å². The van der Waals surface area contributed by atoms with Crippen molar-refractivity contribution in [2.24, 2.45) is 0 Å². The van der Waals surface area contributed by atoms with Crippen LogP contribution in [0.25, 0.3) is 0 Å². The third-order valence-corrected chi connectivity index (χ3v) is 9.15. The summed E-state index contributed by atoms with van der Waals surface area (Å²) in [5.74, 6) is 0.0906. The molecule has 4 rings (SSSR count). The summed E-state index contributed by atoms with van der Waals surface area (Å²) < 4.78 is 27.2. The van der Waals surface area contributed by atoms with Crippen molar-refractivity contribution in [3.05, 3.63) is 39.4 Å². The number of carbonyl (C=O) groups is 1. The van der Waals surface area contributed by atoms with Gasteiger partial charge in [0.15, 0.2) is 0 Å². The van der Waals surface area contributed by atoms with Crippen molar-refractivity contribution < 1.29 is 13.2 Å². The number of carbonyl (C=O) groups excluding carboxylic acids is 1. The Kier molecular flexibility index (Phi) is 5.18. The Morgan fingerprint density at radius 1 is 1.15 bits per heavy atom. The summed E-state index contributed by atoms with van der Waals surface area (Å²) >= 11 is 2.90. The number of amides is 1. The highest BCUT2D eigenvalue weighted by atomic mass is 32.2. The first-order chi connectivity index (χ1) is 12.5.